The number of hydrogen-bond acceptors (Lipinski definition) is 4. The Morgan fingerprint density at radius 3 is 2.88 bits per heavy atom. The number of aliphatic hydroxyl groups is 1. The first-order valence-electron chi connectivity index (χ1n) is 5.46. The second-order valence-electron chi connectivity index (χ2n) is 4.04. The summed E-state index contributed by atoms with van der Waals surface area (Å²) in [4.78, 5) is 7.93. The van der Waals surface area contributed by atoms with Crippen molar-refractivity contribution in [1.29, 1.82) is 0 Å². The van der Waals surface area contributed by atoms with E-state index in [2.05, 4.69) is 9.97 Å². The third kappa shape index (κ3) is 2.79. The zero-order valence-corrected chi connectivity index (χ0v) is 9.67. The second kappa shape index (κ2) is 4.93. The fraction of sp³-hybridized carbons (Fsp3) is 0.231. The molecule has 0 aromatic carbocycles. The molecule has 1 atom stereocenters. The van der Waals surface area contributed by atoms with Crippen molar-refractivity contribution in [2.75, 3.05) is 5.73 Å². The Bertz CT molecular complexity index is 514. The van der Waals surface area contributed by atoms with Crippen LogP contribution in [-0.2, 0) is 6.42 Å². The van der Waals surface area contributed by atoms with Crippen molar-refractivity contribution in [3.8, 4) is 0 Å². The molecule has 0 amide bonds. The molecule has 4 nitrogen and oxygen atoms in total. The van der Waals surface area contributed by atoms with E-state index in [-0.39, 0.29) is 0 Å². The number of anilines is 1. The SMILES string of the molecule is Cc1cnccc1C(O)Cc1ccnc(N)c1. The molecule has 0 aliphatic heterocycles. The van der Waals surface area contributed by atoms with Crippen LogP contribution < -0.4 is 5.73 Å². The van der Waals surface area contributed by atoms with Gasteiger partial charge in [-0.3, -0.25) is 4.98 Å². The molecule has 4 heteroatoms. The third-order valence-corrected chi connectivity index (χ3v) is 2.70. The fourth-order valence-corrected chi connectivity index (χ4v) is 1.81. The number of nitrogens with zero attached hydrogens (tertiary/aromatic N) is 2. The lowest BCUT2D eigenvalue weighted by atomic mass is 10.00. The van der Waals surface area contributed by atoms with Crippen LogP contribution in [0.4, 0.5) is 5.82 Å². The Hall–Kier alpha value is -1.94. The van der Waals surface area contributed by atoms with Crippen LogP contribution in [-0.4, -0.2) is 15.1 Å². The summed E-state index contributed by atoms with van der Waals surface area (Å²) in [6.45, 7) is 1.94. The highest BCUT2D eigenvalue weighted by molar-refractivity contribution is 5.33. The third-order valence-electron chi connectivity index (χ3n) is 2.70. The Morgan fingerprint density at radius 2 is 2.18 bits per heavy atom. The summed E-state index contributed by atoms with van der Waals surface area (Å²) in [6, 6.07) is 5.47. The zero-order chi connectivity index (χ0) is 12.3. The van der Waals surface area contributed by atoms with E-state index < -0.39 is 6.10 Å². The van der Waals surface area contributed by atoms with Gasteiger partial charge in [0.25, 0.3) is 0 Å². The van der Waals surface area contributed by atoms with E-state index in [4.69, 9.17) is 5.73 Å². The standard InChI is InChI=1S/C13H15N3O/c1-9-8-15-4-3-11(9)12(17)6-10-2-5-16-13(14)7-10/h2-5,7-8,12,17H,6H2,1H3,(H2,14,16). The highest BCUT2D eigenvalue weighted by atomic mass is 16.3. The van der Waals surface area contributed by atoms with Gasteiger partial charge in [-0.1, -0.05) is 0 Å². The normalized spacial score (nSPS) is 12.4. The monoisotopic (exact) mass is 229 g/mol. The van der Waals surface area contributed by atoms with Gasteiger partial charge >= 0.3 is 0 Å². The number of rotatable bonds is 3. The van der Waals surface area contributed by atoms with Gasteiger partial charge in [0.05, 0.1) is 6.10 Å². The van der Waals surface area contributed by atoms with Crippen molar-refractivity contribution in [1.82, 2.24) is 9.97 Å². The molecule has 2 aromatic heterocycles. The zero-order valence-electron chi connectivity index (χ0n) is 9.67. The van der Waals surface area contributed by atoms with Crippen LogP contribution in [0.15, 0.2) is 36.8 Å². The van der Waals surface area contributed by atoms with Crippen molar-refractivity contribution in [3.63, 3.8) is 0 Å². The maximum absolute atomic E-state index is 10.2. The molecule has 1 unspecified atom stereocenters. The number of hydrogen-bond donors (Lipinski definition) is 2. The van der Waals surface area contributed by atoms with E-state index in [1.54, 1.807) is 24.7 Å². The van der Waals surface area contributed by atoms with Gasteiger partial charge in [0.1, 0.15) is 5.82 Å². The summed E-state index contributed by atoms with van der Waals surface area (Å²) in [5, 5.41) is 10.2. The topological polar surface area (TPSA) is 72.0 Å². The minimum atomic E-state index is -0.542. The van der Waals surface area contributed by atoms with Crippen molar-refractivity contribution in [2.45, 2.75) is 19.4 Å². The molecule has 3 N–H and O–H groups in total. The molecule has 2 rings (SSSR count). The molecule has 0 aliphatic carbocycles. The van der Waals surface area contributed by atoms with E-state index in [1.807, 2.05) is 19.1 Å². The minimum Gasteiger partial charge on any atom is -0.388 e. The Morgan fingerprint density at radius 1 is 1.35 bits per heavy atom. The predicted octanol–water partition coefficient (Wildman–Crippen LogP) is 1.64. The van der Waals surface area contributed by atoms with Gasteiger partial charge in [0.2, 0.25) is 0 Å². The summed E-state index contributed by atoms with van der Waals surface area (Å²) >= 11 is 0. The molecular formula is C13H15N3O. The second-order valence-corrected chi connectivity index (χ2v) is 4.04. The van der Waals surface area contributed by atoms with Crippen LogP contribution >= 0.6 is 0 Å². The number of aromatic nitrogens is 2. The minimum absolute atomic E-state index is 0.473. The van der Waals surface area contributed by atoms with E-state index in [0.29, 0.717) is 12.2 Å². The van der Waals surface area contributed by atoms with E-state index >= 15 is 0 Å². The highest BCUT2D eigenvalue weighted by Gasteiger charge is 2.11. The summed E-state index contributed by atoms with van der Waals surface area (Å²) in [5.74, 6) is 0.473. The lowest BCUT2D eigenvalue weighted by Crippen LogP contribution is -2.05. The Balaban J connectivity index is 2.17. The van der Waals surface area contributed by atoms with Crippen LogP contribution in [0, 0.1) is 6.92 Å². The van der Waals surface area contributed by atoms with Gasteiger partial charge in [-0.2, -0.15) is 0 Å². The average molecular weight is 229 g/mol. The Labute approximate surface area is 100 Å². The lowest BCUT2D eigenvalue weighted by molar-refractivity contribution is 0.177. The first-order chi connectivity index (χ1) is 8.16. The average Bonchev–Trinajstić information content (AvgIpc) is 2.29. The largest absolute Gasteiger partial charge is 0.388 e. The molecule has 0 saturated carbocycles. The summed E-state index contributed by atoms with van der Waals surface area (Å²) in [7, 11) is 0. The van der Waals surface area contributed by atoms with Gasteiger partial charge in [-0.25, -0.2) is 4.98 Å². The highest BCUT2D eigenvalue weighted by Crippen LogP contribution is 2.20. The molecular weight excluding hydrogens is 214 g/mol. The number of aliphatic hydroxyl groups excluding tert-OH is 1. The van der Waals surface area contributed by atoms with Crippen LogP contribution in [0.25, 0.3) is 0 Å². The van der Waals surface area contributed by atoms with Crippen molar-refractivity contribution in [2.24, 2.45) is 0 Å². The smallest absolute Gasteiger partial charge is 0.123 e. The molecule has 2 aromatic rings. The fourth-order valence-electron chi connectivity index (χ4n) is 1.81. The van der Waals surface area contributed by atoms with E-state index in [0.717, 1.165) is 16.7 Å². The van der Waals surface area contributed by atoms with Gasteiger partial charge in [0, 0.05) is 25.0 Å². The Kier molecular flexibility index (Phi) is 3.35. The number of aryl methyl sites for hydroxylation is 1. The predicted molar refractivity (Wildman–Crippen MR) is 66.3 cm³/mol. The van der Waals surface area contributed by atoms with Gasteiger partial charge in [-0.15, -0.1) is 0 Å². The van der Waals surface area contributed by atoms with Crippen molar-refractivity contribution < 1.29 is 5.11 Å². The maximum atomic E-state index is 10.2. The molecule has 0 saturated heterocycles. The first-order valence-corrected chi connectivity index (χ1v) is 5.46. The molecule has 88 valence electrons. The molecule has 2 heterocycles. The van der Waals surface area contributed by atoms with Crippen LogP contribution in [0.1, 0.15) is 22.8 Å². The quantitative estimate of drug-likeness (QED) is 0.839. The first kappa shape index (κ1) is 11.5. The van der Waals surface area contributed by atoms with Crippen molar-refractivity contribution in [3.05, 3.63) is 53.5 Å². The number of nitrogens with two attached hydrogens (primary N) is 1. The van der Waals surface area contributed by atoms with Crippen LogP contribution in [0.2, 0.25) is 0 Å². The molecule has 0 bridgehead atoms. The maximum Gasteiger partial charge on any atom is 0.123 e. The summed E-state index contributed by atoms with van der Waals surface area (Å²) in [5.41, 5.74) is 8.46. The van der Waals surface area contributed by atoms with Crippen molar-refractivity contribution >= 4 is 5.82 Å². The molecule has 0 radical (unpaired) electrons. The summed E-state index contributed by atoms with van der Waals surface area (Å²) < 4.78 is 0. The van der Waals surface area contributed by atoms with Gasteiger partial charge in [0.15, 0.2) is 0 Å². The number of pyridine rings is 2. The lowest BCUT2D eigenvalue weighted by Gasteiger charge is -2.13. The van der Waals surface area contributed by atoms with Crippen LogP contribution in [0.5, 0.6) is 0 Å². The van der Waals surface area contributed by atoms with E-state index in [1.165, 1.54) is 0 Å². The summed E-state index contributed by atoms with van der Waals surface area (Å²) in [6.07, 6.45) is 5.07. The van der Waals surface area contributed by atoms with Gasteiger partial charge in [-0.05, 0) is 41.8 Å². The molecule has 0 aliphatic rings. The molecule has 0 spiro atoms. The van der Waals surface area contributed by atoms with Gasteiger partial charge < -0.3 is 10.8 Å². The molecule has 0 fully saturated rings. The number of nitrogen functional groups attached to an aromatic ring is 1. The van der Waals surface area contributed by atoms with Crippen LogP contribution in [0.3, 0.4) is 0 Å². The van der Waals surface area contributed by atoms with E-state index in [9.17, 15) is 5.11 Å². The molecule has 17 heavy (non-hydrogen) atoms.